The quantitative estimate of drug-likeness (QED) is 0.259. The number of halogens is 1. The number of aromatic nitrogens is 1. The molecular weight excluding hydrogens is 602 g/mol. The van der Waals surface area contributed by atoms with E-state index in [-0.39, 0.29) is 18.8 Å². The van der Waals surface area contributed by atoms with Crippen LogP contribution in [-0.2, 0) is 16.1 Å². The summed E-state index contributed by atoms with van der Waals surface area (Å²) in [7, 11) is 0. The number of fused-ring (bicyclic) bond motifs is 1. The van der Waals surface area contributed by atoms with Crippen LogP contribution in [0.4, 0.5) is 0 Å². The lowest BCUT2D eigenvalue weighted by Gasteiger charge is -2.24. The number of carbonyl (C=O) groups is 1. The Morgan fingerprint density at radius 1 is 1.15 bits per heavy atom. The molecule has 2 heterocycles. The molecule has 0 saturated carbocycles. The van der Waals surface area contributed by atoms with Gasteiger partial charge in [0, 0.05) is 15.6 Å². The molecule has 1 aromatic heterocycles. The molecule has 0 unspecified atom stereocenters. The van der Waals surface area contributed by atoms with Crippen molar-refractivity contribution in [1.29, 1.82) is 5.26 Å². The summed E-state index contributed by atoms with van der Waals surface area (Å²) in [6.07, 6.45) is 1.77. The Hall–Kier alpha value is -4.26. The minimum Gasteiger partial charge on any atom is -0.488 e. The van der Waals surface area contributed by atoms with Gasteiger partial charge < -0.3 is 9.47 Å². The van der Waals surface area contributed by atoms with Crippen molar-refractivity contribution in [3.05, 3.63) is 130 Å². The number of carbonyl (C=O) groups excluding carboxylic acids is 1. The van der Waals surface area contributed by atoms with Gasteiger partial charge in [-0.25, -0.2) is 9.79 Å². The van der Waals surface area contributed by atoms with E-state index in [1.807, 2.05) is 67.6 Å². The van der Waals surface area contributed by atoms with Crippen LogP contribution in [-0.4, -0.2) is 17.1 Å². The zero-order valence-electron chi connectivity index (χ0n) is 22.7. The number of allylic oxidation sites excluding steroid dienone is 1. The summed E-state index contributed by atoms with van der Waals surface area (Å²) in [5.41, 5.74) is 4.46. The van der Waals surface area contributed by atoms with Crippen molar-refractivity contribution in [3.63, 3.8) is 0 Å². The first-order chi connectivity index (χ1) is 19.8. The number of aryl methyl sites for hydroxylation is 1. The van der Waals surface area contributed by atoms with E-state index in [2.05, 4.69) is 27.0 Å². The van der Waals surface area contributed by atoms with Crippen LogP contribution in [0, 0.1) is 18.3 Å². The molecule has 0 saturated heterocycles. The fourth-order valence-electron chi connectivity index (χ4n) is 4.67. The van der Waals surface area contributed by atoms with Gasteiger partial charge in [0.15, 0.2) is 4.80 Å². The minimum atomic E-state index is -0.672. The van der Waals surface area contributed by atoms with Crippen LogP contribution in [0.25, 0.3) is 6.08 Å². The molecule has 41 heavy (non-hydrogen) atoms. The van der Waals surface area contributed by atoms with E-state index in [9.17, 15) is 14.9 Å². The zero-order valence-corrected chi connectivity index (χ0v) is 25.1. The lowest BCUT2D eigenvalue weighted by atomic mass is 9.95. The van der Waals surface area contributed by atoms with Crippen LogP contribution in [0.1, 0.15) is 47.7 Å². The van der Waals surface area contributed by atoms with Crippen molar-refractivity contribution < 1.29 is 14.3 Å². The SMILES string of the molecule is CCOC(=O)C1=C(C)N=c2s/c(=C\c3cc(Br)ccc3OCc3ccccc3C#N)c(=O)n2[C@H]1c1ccc(C)cc1. The molecule has 0 amide bonds. The Balaban J connectivity index is 1.62. The van der Waals surface area contributed by atoms with Crippen LogP contribution in [0.15, 0.2) is 92.3 Å². The van der Waals surface area contributed by atoms with Crippen LogP contribution >= 0.6 is 27.3 Å². The van der Waals surface area contributed by atoms with Crippen molar-refractivity contribution in [1.82, 2.24) is 4.57 Å². The van der Waals surface area contributed by atoms with Gasteiger partial charge in [-0.2, -0.15) is 5.26 Å². The van der Waals surface area contributed by atoms with E-state index >= 15 is 0 Å². The maximum Gasteiger partial charge on any atom is 0.338 e. The average molecular weight is 629 g/mol. The first-order valence-electron chi connectivity index (χ1n) is 13.0. The molecule has 0 aliphatic carbocycles. The van der Waals surface area contributed by atoms with Gasteiger partial charge in [-0.3, -0.25) is 9.36 Å². The largest absolute Gasteiger partial charge is 0.488 e. The van der Waals surface area contributed by atoms with Crippen molar-refractivity contribution >= 4 is 39.3 Å². The summed E-state index contributed by atoms with van der Waals surface area (Å²) in [5, 5.41) is 9.44. The maximum atomic E-state index is 14.0. The van der Waals surface area contributed by atoms with E-state index in [1.165, 1.54) is 11.3 Å². The Morgan fingerprint density at radius 3 is 2.63 bits per heavy atom. The van der Waals surface area contributed by atoms with Crippen molar-refractivity contribution in [2.45, 2.75) is 33.4 Å². The molecule has 0 fully saturated rings. The predicted molar refractivity (Wildman–Crippen MR) is 161 cm³/mol. The fourth-order valence-corrected chi connectivity index (χ4v) is 6.09. The Labute approximate surface area is 249 Å². The lowest BCUT2D eigenvalue weighted by Crippen LogP contribution is -2.39. The minimum absolute atomic E-state index is 0.197. The third-order valence-corrected chi connectivity index (χ3v) is 8.17. The Kier molecular flexibility index (Phi) is 8.34. The summed E-state index contributed by atoms with van der Waals surface area (Å²) < 4.78 is 14.3. The molecule has 1 aliphatic rings. The number of thiazole rings is 1. The third-order valence-electron chi connectivity index (χ3n) is 6.69. The number of hydrogen-bond acceptors (Lipinski definition) is 7. The van der Waals surface area contributed by atoms with Gasteiger partial charge >= 0.3 is 5.97 Å². The first kappa shape index (κ1) is 28.3. The van der Waals surface area contributed by atoms with Gasteiger partial charge in [0.25, 0.3) is 5.56 Å². The molecule has 0 radical (unpaired) electrons. The highest BCUT2D eigenvalue weighted by atomic mass is 79.9. The number of esters is 1. The Morgan fingerprint density at radius 2 is 1.90 bits per heavy atom. The zero-order chi connectivity index (χ0) is 29.1. The van der Waals surface area contributed by atoms with Gasteiger partial charge in [-0.05, 0) is 56.7 Å². The number of benzene rings is 3. The maximum absolute atomic E-state index is 14.0. The third kappa shape index (κ3) is 5.80. The van der Waals surface area contributed by atoms with E-state index < -0.39 is 12.0 Å². The normalized spacial score (nSPS) is 14.7. The highest BCUT2D eigenvalue weighted by Gasteiger charge is 2.33. The number of nitrogens with zero attached hydrogens (tertiary/aromatic N) is 3. The van der Waals surface area contributed by atoms with E-state index in [0.717, 1.165) is 21.2 Å². The molecule has 9 heteroatoms. The summed E-state index contributed by atoms with van der Waals surface area (Å²) in [4.78, 5) is 32.2. The van der Waals surface area contributed by atoms with Gasteiger partial charge in [0.05, 0.1) is 40.1 Å². The molecule has 0 N–H and O–H groups in total. The van der Waals surface area contributed by atoms with Crippen LogP contribution in [0.2, 0.25) is 0 Å². The molecule has 5 rings (SSSR count). The van der Waals surface area contributed by atoms with Crippen LogP contribution in [0.5, 0.6) is 5.75 Å². The van der Waals surface area contributed by atoms with E-state index in [0.29, 0.717) is 37.5 Å². The number of rotatable bonds is 7. The summed E-state index contributed by atoms with van der Waals surface area (Å²) in [6, 6.07) is 22.1. The monoisotopic (exact) mass is 627 g/mol. The molecule has 3 aromatic carbocycles. The van der Waals surface area contributed by atoms with Gasteiger partial charge in [-0.15, -0.1) is 0 Å². The fraction of sp³-hybridized carbons (Fsp3) is 0.188. The summed E-state index contributed by atoms with van der Waals surface area (Å²) in [6.45, 7) is 5.91. The lowest BCUT2D eigenvalue weighted by molar-refractivity contribution is -0.139. The van der Waals surface area contributed by atoms with Crippen LogP contribution in [0.3, 0.4) is 0 Å². The number of ether oxygens (including phenoxy) is 2. The molecule has 1 atom stereocenters. The molecule has 0 bridgehead atoms. The predicted octanol–water partition coefficient (Wildman–Crippen LogP) is 5.32. The van der Waals surface area contributed by atoms with Crippen molar-refractivity contribution in [2.75, 3.05) is 6.61 Å². The Bertz CT molecular complexity index is 1900. The molecule has 7 nitrogen and oxygen atoms in total. The molecule has 4 aromatic rings. The van der Waals surface area contributed by atoms with Gasteiger partial charge in [0.2, 0.25) is 0 Å². The average Bonchev–Trinajstić information content (AvgIpc) is 3.26. The van der Waals surface area contributed by atoms with Crippen molar-refractivity contribution in [3.8, 4) is 11.8 Å². The van der Waals surface area contributed by atoms with Crippen molar-refractivity contribution in [2.24, 2.45) is 4.99 Å². The number of hydrogen-bond donors (Lipinski definition) is 0. The highest BCUT2D eigenvalue weighted by molar-refractivity contribution is 9.10. The molecular formula is C32H26BrN3O4S. The standard InChI is InChI=1S/C32H26BrN3O4S/c1-4-39-31(38)28-20(3)35-32-36(29(28)21-11-9-19(2)10-12-21)30(37)27(41-32)16-24-15-25(33)13-14-26(24)40-18-23-8-6-5-7-22(23)17-34/h5-16,29H,4,18H2,1-3H3/b27-16-/t29-/m0/s1. The summed E-state index contributed by atoms with van der Waals surface area (Å²) >= 11 is 4.77. The second-order valence-electron chi connectivity index (χ2n) is 9.45. The highest BCUT2D eigenvalue weighted by Crippen LogP contribution is 2.31. The summed E-state index contributed by atoms with van der Waals surface area (Å²) in [5.74, 6) is 0.0687. The molecule has 1 aliphatic heterocycles. The van der Waals surface area contributed by atoms with E-state index in [4.69, 9.17) is 9.47 Å². The molecule has 0 spiro atoms. The first-order valence-corrected chi connectivity index (χ1v) is 14.6. The van der Waals surface area contributed by atoms with Gasteiger partial charge in [0.1, 0.15) is 12.4 Å². The topological polar surface area (TPSA) is 93.7 Å². The second-order valence-corrected chi connectivity index (χ2v) is 11.4. The van der Waals surface area contributed by atoms with Crippen LogP contribution < -0.4 is 19.6 Å². The van der Waals surface area contributed by atoms with Gasteiger partial charge in [-0.1, -0.05) is 75.3 Å². The number of nitriles is 1. The van der Waals surface area contributed by atoms with E-state index in [1.54, 1.807) is 30.6 Å². The molecule has 206 valence electrons. The second kappa shape index (κ2) is 12.1. The smallest absolute Gasteiger partial charge is 0.338 e.